The summed E-state index contributed by atoms with van der Waals surface area (Å²) >= 11 is 0. The van der Waals surface area contributed by atoms with E-state index >= 15 is 0 Å². The molecule has 4 heteroatoms. The Kier molecular flexibility index (Phi) is 11.5. The number of esters is 1. The van der Waals surface area contributed by atoms with Crippen molar-refractivity contribution in [3.63, 3.8) is 0 Å². The molecule has 0 saturated heterocycles. The molecule has 1 unspecified atom stereocenters. The van der Waals surface area contributed by atoms with E-state index < -0.39 is 8.07 Å². The minimum atomic E-state index is -1.76. The van der Waals surface area contributed by atoms with E-state index in [9.17, 15) is 4.79 Å². The second-order valence-electron chi connectivity index (χ2n) is 10.6. The molecule has 0 saturated carbocycles. The van der Waals surface area contributed by atoms with Crippen molar-refractivity contribution >= 4 is 19.4 Å². The predicted molar refractivity (Wildman–Crippen MR) is 131 cm³/mol. The molecule has 0 aliphatic carbocycles. The lowest BCUT2D eigenvalue weighted by molar-refractivity contribution is -0.147. The molecule has 30 heavy (non-hydrogen) atoms. The molecule has 174 valence electrons. The first-order valence-electron chi connectivity index (χ1n) is 12.3. The van der Waals surface area contributed by atoms with Crippen molar-refractivity contribution in [3.8, 4) is 0 Å². The second-order valence-corrected chi connectivity index (χ2v) is 15.8. The summed E-state index contributed by atoms with van der Waals surface area (Å²) < 4.78 is 11.8. The smallest absolute Gasteiger partial charge is 0.303 e. The molecule has 0 fully saturated rings. The van der Waals surface area contributed by atoms with Gasteiger partial charge in [0.1, 0.15) is 14.2 Å². The molecule has 0 amide bonds. The molecule has 0 radical (unpaired) electrons. The molecule has 1 heterocycles. The van der Waals surface area contributed by atoms with E-state index in [0.717, 1.165) is 23.8 Å². The van der Waals surface area contributed by atoms with Crippen LogP contribution in [0.1, 0.15) is 122 Å². The van der Waals surface area contributed by atoms with E-state index in [1.807, 2.05) is 6.26 Å². The van der Waals surface area contributed by atoms with E-state index in [4.69, 9.17) is 9.15 Å². The summed E-state index contributed by atoms with van der Waals surface area (Å²) in [5.74, 6) is -0.207. The molecular formula is C26H48O3Si. The number of rotatable bonds is 14. The lowest BCUT2D eigenvalue weighted by atomic mass is 10.0. The number of carbonyl (C=O) groups is 1. The van der Waals surface area contributed by atoms with Crippen LogP contribution in [-0.4, -0.2) is 14.0 Å². The number of hydrogen-bond donors (Lipinski definition) is 0. The van der Waals surface area contributed by atoms with Gasteiger partial charge in [0.05, 0.1) is 11.6 Å². The average molecular weight is 437 g/mol. The normalized spacial score (nSPS) is 13.5. The third-order valence-electron chi connectivity index (χ3n) is 6.99. The lowest BCUT2D eigenvalue weighted by Gasteiger charge is -2.35. The van der Waals surface area contributed by atoms with Crippen LogP contribution in [-0.2, 0) is 9.53 Å². The van der Waals surface area contributed by atoms with Gasteiger partial charge >= 0.3 is 5.97 Å². The van der Waals surface area contributed by atoms with Gasteiger partial charge in [0.2, 0.25) is 0 Å². The zero-order chi connectivity index (χ0) is 22.8. The van der Waals surface area contributed by atoms with E-state index in [0.29, 0.717) is 0 Å². The summed E-state index contributed by atoms with van der Waals surface area (Å²) in [5.41, 5.74) is 2.26. The molecule has 0 aromatic carbocycles. The molecule has 1 aromatic rings. The molecule has 1 aromatic heterocycles. The number of carbonyl (C=O) groups excluding carboxylic acids is 1. The van der Waals surface area contributed by atoms with Crippen molar-refractivity contribution in [2.24, 2.45) is 0 Å². The molecule has 0 aliphatic rings. The highest BCUT2D eigenvalue weighted by Crippen LogP contribution is 2.38. The predicted octanol–water partition coefficient (Wildman–Crippen LogP) is 8.22. The van der Waals surface area contributed by atoms with Gasteiger partial charge in [-0.15, -0.1) is 0 Å². The molecule has 3 nitrogen and oxygen atoms in total. The van der Waals surface area contributed by atoms with Crippen molar-refractivity contribution in [1.82, 2.24) is 0 Å². The number of hydrogen-bond acceptors (Lipinski definition) is 3. The molecule has 0 aliphatic heterocycles. The third kappa shape index (κ3) is 8.24. The van der Waals surface area contributed by atoms with E-state index in [1.165, 1.54) is 70.3 Å². The SMILES string of the molecule is CCCCCCCCCCCCC(OC(C)=O)c1coc([Si](C)(C)C(C)(C)C)c1C. The van der Waals surface area contributed by atoms with Gasteiger partial charge < -0.3 is 9.15 Å². The highest BCUT2D eigenvalue weighted by Gasteiger charge is 2.42. The van der Waals surface area contributed by atoms with Crippen LogP contribution in [0.25, 0.3) is 0 Å². The van der Waals surface area contributed by atoms with Gasteiger partial charge in [0.15, 0.2) is 0 Å². The fourth-order valence-corrected chi connectivity index (χ4v) is 6.12. The summed E-state index contributed by atoms with van der Waals surface area (Å²) in [5, 5.41) is 1.35. The van der Waals surface area contributed by atoms with Crippen LogP contribution in [0.5, 0.6) is 0 Å². The van der Waals surface area contributed by atoms with Crippen LogP contribution in [0.2, 0.25) is 18.1 Å². The zero-order valence-corrected chi connectivity index (χ0v) is 22.2. The summed E-state index contributed by atoms with van der Waals surface area (Å²) in [4.78, 5) is 11.7. The topological polar surface area (TPSA) is 39.4 Å². The maximum Gasteiger partial charge on any atom is 0.303 e. The van der Waals surface area contributed by atoms with Crippen LogP contribution >= 0.6 is 0 Å². The summed E-state index contributed by atoms with van der Waals surface area (Å²) in [6, 6.07) is 0. The molecular weight excluding hydrogens is 388 g/mol. The van der Waals surface area contributed by atoms with Crippen molar-refractivity contribution in [2.75, 3.05) is 0 Å². The Hall–Kier alpha value is -1.03. The largest absolute Gasteiger partial charge is 0.474 e. The van der Waals surface area contributed by atoms with Crippen LogP contribution in [0.15, 0.2) is 10.7 Å². The monoisotopic (exact) mass is 436 g/mol. The van der Waals surface area contributed by atoms with Gasteiger partial charge in [-0.05, 0) is 30.4 Å². The van der Waals surface area contributed by atoms with Gasteiger partial charge in [-0.3, -0.25) is 4.79 Å². The maximum atomic E-state index is 11.7. The van der Waals surface area contributed by atoms with Crippen LogP contribution in [0.3, 0.4) is 0 Å². The highest BCUT2D eigenvalue weighted by atomic mass is 28.3. The Balaban J connectivity index is 2.60. The fraction of sp³-hybridized carbons (Fsp3) is 0.808. The molecule has 1 rings (SSSR count). The fourth-order valence-electron chi connectivity index (χ4n) is 4.00. The Morgan fingerprint density at radius 1 is 1.00 bits per heavy atom. The van der Waals surface area contributed by atoms with Crippen molar-refractivity contribution in [1.29, 1.82) is 0 Å². The van der Waals surface area contributed by atoms with Crippen molar-refractivity contribution < 1.29 is 13.9 Å². The van der Waals surface area contributed by atoms with Gasteiger partial charge in [-0.2, -0.15) is 0 Å². The van der Waals surface area contributed by atoms with Crippen molar-refractivity contribution in [3.05, 3.63) is 17.4 Å². The molecule has 0 spiro atoms. The summed E-state index contributed by atoms with van der Waals surface area (Å²) in [6.07, 6.45) is 15.7. The van der Waals surface area contributed by atoms with Crippen LogP contribution < -0.4 is 5.38 Å². The summed E-state index contributed by atoms with van der Waals surface area (Å²) in [6.45, 7) is 17.6. The first-order valence-corrected chi connectivity index (χ1v) is 15.3. The van der Waals surface area contributed by atoms with E-state index in [2.05, 4.69) is 47.7 Å². The Bertz CT molecular complexity index is 625. The van der Waals surface area contributed by atoms with Crippen LogP contribution in [0, 0.1) is 6.92 Å². The highest BCUT2D eigenvalue weighted by molar-refractivity contribution is 6.91. The Labute approximate surface area is 187 Å². The second kappa shape index (κ2) is 12.7. The van der Waals surface area contributed by atoms with Gasteiger partial charge in [0, 0.05) is 12.5 Å². The standard InChI is InChI=1S/C26H48O3Si/c1-9-10-11-12-13-14-15-16-17-18-19-24(29-22(3)27)23-20-28-25(21(23)2)30(7,8)26(4,5)6/h20,24H,9-19H2,1-8H3. The van der Waals surface area contributed by atoms with Gasteiger partial charge in [-0.1, -0.05) is 98.6 Å². The average Bonchev–Trinajstić information content (AvgIpc) is 3.03. The minimum Gasteiger partial charge on any atom is -0.474 e. The van der Waals surface area contributed by atoms with E-state index in [-0.39, 0.29) is 17.1 Å². The lowest BCUT2D eigenvalue weighted by Crippen LogP contribution is -2.49. The van der Waals surface area contributed by atoms with Crippen LogP contribution in [0.4, 0.5) is 0 Å². The van der Waals surface area contributed by atoms with Crippen molar-refractivity contribution in [2.45, 2.75) is 136 Å². The molecule has 0 N–H and O–H groups in total. The minimum absolute atomic E-state index is 0.182. The van der Waals surface area contributed by atoms with Gasteiger partial charge in [0.25, 0.3) is 0 Å². The Morgan fingerprint density at radius 2 is 1.50 bits per heavy atom. The zero-order valence-electron chi connectivity index (χ0n) is 21.2. The quantitative estimate of drug-likeness (QED) is 0.167. The number of ether oxygens (including phenoxy) is 1. The first kappa shape index (κ1) is 27.0. The summed E-state index contributed by atoms with van der Waals surface area (Å²) in [7, 11) is -1.76. The molecule has 0 bridgehead atoms. The number of furan rings is 1. The Morgan fingerprint density at radius 3 is 1.97 bits per heavy atom. The number of unbranched alkanes of at least 4 members (excludes halogenated alkanes) is 9. The van der Waals surface area contributed by atoms with E-state index in [1.54, 1.807) is 0 Å². The van der Waals surface area contributed by atoms with Gasteiger partial charge in [-0.25, -0.2) is 0 Å². The first-order chi connectivity index (χ1) is 14.0. The third-order valence-corrected chi connectivity index (χ3v) is 12.4. The maximum absolute atomic E-state index is 11.7. The molecule has 1 atom stereocenters.